The van der Waals surface area contributed by atoms with Gasteiger partial charge in [0.25, 0.3) is 0 Å². The quantitative estimate of drug-likeness (QED) is 0.123. The SMILES string of the molecule is COc1ccc(C(=O)COC(=O)c2cc(-c3ccc(N4C(=O)C5CC=CCC5C4=O)cc3)nc3ccc(C)cc23)cc1. The van der Waals surface area contributed by atoms with Crippen LogP contribution in [0.2, 0.25) is 0 Å². The lowest BCUT2D eigenvalue weighted by Gasteiger charge is -2.15. The number of benzene rings is 3. The van der Waals surface area contributed by atoms with Crippen LogP contribution in [-0.4, -0.2) is 42.3 Å². The molecule has 0 bridgehead atoms. The number of pyridine rings is 1. The molecule has 210 valence electrons. The zero-order chi connectivity index (χ0) is 29.4. The number of hydrogen-bond acceptors (Lipinski definition) is 7. The molecule has 2 unspecified atom stereocenters. The van der Waals surface area contributed by atoms with Crippen molar-refractivity contribution in [3.8, 4) is 17.0 Å². The third-order valence-corrected chi connectivity index (χ3v) is 7.86. The van der Waals surface area contributed by atoms with Crippen molar-refractivity contribution >= 4 is 40.2 Å². The molecule has 3 aromatic carbocycles. The van der Waals surface area contributed by atoms with Gasteiger partial charge in [-0.3, -0.25) is 19.3 Å². The number of carbonyl (C=O) groups is 4. The van der Waals surface area contributed by atoms with Crippen molar-refractivity contribution in [2.24, 2.45) is 11.8 Å². The molecule has 0 saturated carbocycles. The highest BCUT2D eigenvalue weighted by Gasteiger charge is 2.47. The van der Waals surface area contributed by atoms with Crippen molar-refractivity contribution in [1.82, 2.24) is 4.98 Å². The average Bonchev–Trinajstić information content (AvgIpc) is 3.28. The van der Waals surface area contributed by atoms with E-state index >= 15 is 0 Å². The summed E-state index contributed by atoms with van der Waals surface area (Å²) < 4.78 is 10.6. The van der Waals surface area contributed by atoms with E-state index in [1.54, 1.807) is 61.7 Å². The first-order valence-electron chi connectivity index (χ1n) is 13.7. The van der Waals surface area contributed by atoms with Crippen molar-refractivity contribution in [3.63, 3.8) is 0 Å². The molecular formula is C34H28N2O6. The third kappa shape index (κ3) is 4.96. The minimum Gasteiger partial charge on any atom is -0.497 e. The zero-order valence-electron chi connectivity index (χ0n) is 23.2. The van der Waals surface area contributed by atoms with E-state index in [9.17, 15) is 19.2 Å². The lowest BCUT2D eigenvalue weighted by atomic mass is 9.85. The highest BCUT2D eigenvalue weighted by Crippen LogP contribution is 2.38. The smallest absolute Gasteiger partial charge is 0.339 e. The van der Waals surface area contributed by atoms with Crippen LogP contribution < -0.4 is 9.64 Å². The largest absolute Gasteiger partial charge is 0.497 e. The first kappa shape index (κ1) is 27.1. The number of anilines is 1. The molecule has 6 rings (SSSR count). The fourth-order valence-electron chi connectivity index (χ4n) is 5.56. The topological polar surface area (TPSA) is 103 Å². The summed E-state index contributed by atoms with van der Waals surface area (Å²) in [5, 5.41) is 0.613. The van der Waals surface area contributed by atoms with Crippen LogP contribution in [-0.2, 0) is 14.3 Å². The number of rotatable bonds is 7. The molecule has 1 saturated heterocycles. The Morgan fingerprint density at radius 2 is 1.55 bits per heavy atom. The fraction of sp³-hybridized carbons (Fsp3) is 0.206. The maximum absolute atomic E-state index is 13.3. The second-order valence-corrected chi connectivity index (χ2v) is 10.5. The Hall–Kier alpha value is -5.11. The van der Waals surface area contributed by atoms with Crippen LogP contribution in [0, 0.1) is 18.8 Å². The van der Waals surface area contributed by atoms with Gasteiger partial charge in [-0.15, -0.1) is 0 Å². The Labute approximate surface area is 242 Å². The van der Waals surface area contributed by atoms with Gasteiger partial charge in [-0.2, -0.15) is 0 Å². The summed E-state index contributed by atoms with van der Waals surface area (Å²) in [5.74, 6) is -1.31. The van der Waals surface area contributed by atoms with E-state index in [1.807, 2.05) is 37.3 Å². The van der Waals surface area contributed by atoms with Gasteiger partial charge in [-0.05, 0) is 74.4 Å². The number of esters is 1. The molecule has 8 nitrogen and oxygen atoms in total. The Bertz CT molecular complexity index is 1730. The van der Waals surface area contributed by atoms with Gasteiger partial charge in [0.1, 0.15) is 5.75 Å². The number of carbonyl (C=O) groups excluding carboxylic acids is 4. The van der Waals surface area contributed by atoms with Gasteiger partial charge in [0, 0.05) is 16.5 Å². The number of Topliss-reactive ketones (excluding diaryl/α,β-unsaturated/α-hetero) is 1. The summed E-state index contributed by atoms with van der Waals surface area (Å²) >= 11 is 0. The number of ketones is 1. The van der Waals surface area contributed by atoms with Crippen LogP contribution in [0.1, 0.15) is 39.1 Å². The van der Waals surface area contributed by atoms with Crippen molar-refractivity contribution in [2.45, 2.75) is 19.8 Å². The van der Waals surface area contributed by atoms with Gasteiger partial charge >= 0.3 is 5.97 Å². The summed E-state index contributed by atoms with van der Waals surface area (Å²) in [7, 11) is 1.54. The lowest BCUT2D eigenvalue weighted by Crippen LogP contribution is -2.30. The van der Waals surface area contributed by atoms with Gasteiger partial charge in [0.05, 0.1) is 41.4 Å². The van der Waals surface area contributed by atoms with Crippen molar-refractivity contribution in [2.75, 3.05) is 18.6 Å². The van der Waals surface area contributed by atoms with Crippen LogP contribution >= 0.6 is 0 Å². The molecule has 1 aliphatic heterocycles. The second-order valence-electron chi connectivity index (χ2n) is 10.5. The summed E-state index contributed by atoms with van der Waals surface area (Å²) in [6, 6.07) is 20.8. The Morgan fingerprint density at radius 1 is 0.881 bits per heavy atom. The van der Waals surface area contributed by atoms with Crippen LogP contribution in [0.5, 0.6) is 5.75 Å². The number of imide groups is 1. The minimum absolute atomic E-state index is 0.171. The summed E-state index contributed by atoms with van der Waals surface area (Å²) in [6.07, 6.45) is 5.08. The van der Waals surface area contributed by atoms with Crippen LogP contribution in [0.25, 0.3) is 22.2 Å². The van der Waals surface area contributed by atoms with Crippen molar-refractivity contribution in [1.29, 1.82) is 0 Å². The number of hydrogen-bond donors (Lipinski definition) is 0. The molecule has 0 N–H and O–H groups in total. The normalized spacial score (nSPS) is 17.8. The number of methoxy groups -OCH3 is 1. The maximum atomic E-state index is 13.3. The van der Waals surface area contributed by atoms with Crippen LogP contribution in [0.3, 0.4) is 0 Å². The van der Waals surface area contributed by atoms with Gasteiger partial charge in [0.15, 0.2) is 12.4 Å². The standard InChI is InChI=1S/C34H28N2O6/c1-20-7-16-29-27(17-20)28(34(40)42-19-31(37)22-10-14-24(41-2)15-11-22)18-30(35-29)21-8-12-23(13-9-21)36-32(38)25-5-3-4-6-26(25)33(36)39/h3-4,7-18,25-26H,5-6,19H2,1-2H3. The Morgan fingerprint density at radius 3 is 2.19 bits per heavy atom. The number of allylic oxidation sites excluding steroid dienone is 2. The Balaban J connectivity index is 1.26. The van der Waals surface area contributed by atoms with E-state index < -0.39 is 12.6 Å². The van der Waals surface area contributed by atoms with E-state index in [1.165, 1.54) is 4.90 Å². The third-order valence-electron chi connectivity index (χ3n) is 7.86. The highest BCUT2D eigenvalue weighted by atomic mass is 16.5. The first-order valence-corrected chi connectivity index (χ1v) is 13.7. The summed E-state index contributed by atoms with van der Waals surface area (Å²) in [4.78, 5) is 58.0. The number of aromatic nitrogens is 1. The van der Waals surface area contributed by atoms with E-state index in [0.29, 0.717) is 52.0 Å². The number of amides is 2. The van der Waals surface area contributed by atoms with Gasteiger partial charge in [-0.25, -0.2) is 9.78 Å². The van der Waals surface area contributed by atoms with E-state index in [-0.39, 0.29) is 35.0 Å². The molecule has 2 heterocycles. The molecule has 1 aromatic heterocycles. The molecule has 0 spiro atoms. The molecule has 2 amide bonds. The lowest BCUT2D eigenvalue weighted by molar-refractivity contribution is -0.122. The molecule has 2 aliphatic rings. The molecule has 4 aromatic rings. The molecule has 8 heteroatoms. The fourth-order valence-corrected chi connectivity index (χ4v) is 5.56. The van der Waals surface area contributed by atoms with Gasteiger partial charge < -0.3 is 9.47 Å². The number of fused-ring (bicyclic) bond motifs is 2. The molecule has 1 aliphatic carbocycles. The molecule has 0 radical (unpaired) electrons. The van der Waals surface area contributed by atoms with Crippen molar-refractivity contribution in [3.05, 3.63) is 102 Å². The van der Waals surface area contributed by atoms with Crippen LogP contribution in [0.4, 0.5) is 5.69 Å². The van der Waals surface area contributed by atoms with E-state index in [4.69, 9.17) is 14.5 Å². The number of ether oxygens (including phenoxy) is 2. The zero-order valence-corrected chi connectivity index (χ0v) is 23.2. The molecule has 2 atom stereocenters. The molecule has 42 heavy (non-hydrogen) atoms. The highest BCUT2D eigenvalue weighted by molar-refractivity contribution is 6.22. The summed E-state index contributed by atoms with van der Waals surface area (Å²) in [5.41, 5.74) is 3.96. The molecular weight excluding hydrogens is 532 g/mol. The van der Waals surface area contributed by atoms with Gasteiger partial charge in [0.2, 0.25) is 11.8 Å². The monoisotopic (exact) mass is 560 g/mol. The first-order chi connectivity index (χ1) is 20.3. The Kier molecular flexibility index (Phi) is 7.12. The number of aryl methyl sites for hydroxylation is 1. The van der Waals surface area contributed by atoms with Crippen molar-refractivity contribution < 1.29 is 28.7 Å². The van der Waals surface area contributed by atoms with Gasteiger partial charge in [-0.1, -0.05) is 35.9 Å². The van der Waals surface area contributed by atoms with E-state index in [2.05, 4.69) is 0 Å². The van der Waals surface area contributed by atoms with E-state index in [0.717, 1.165) is 5.56 Å². The van der Waals surface area contributed by atoms with Crippen LogP contribution in [0.15, 0.2) is 84.9 Å². The number of nitrogens with zero attached hydrogens (tertiary/aromatic N) is 2. The molecule has 1 fully saturated rings. The predicted octanol–water partition coefficient (Wildman–Crippen LogP) is 5.71. The minimum atomic E-state index is -0.641. The maximum Gasteiger partial charge on any atom is 0.339 e. The average molecular weight is 561 g/mol. The summed E-state index contributed by atoms with van der Waals surface area (Å²) in [6.45, 7) is 1.50. The second kappa shape index (κ2) is 11.0. The predicted molar refractivity (Wildman–Crippen MR) is 157 cm³/mol.